The minimum absolute atomic E-state index is 0.434. The Balaban J connectivity index is 3.28. The Hall–Kier alpha value is -3.79. The summed E-state index contributed by atoms with van der Waals surface area (Å²) in [5.74, 6) is -6.54. The van der Waals surface area contributed by atoms with Crippen LogP contribution in [0.4, 0.5) is 0 Å². The normalized spacial score (nSPS) is 23.7. The second-order valence-electron chi connectivity index (χ2n) is 11.9. The monoisotopic (exact) mass is 632 g/mol. The highest BCUT2D eigenvalue weighted by molar-refractivity contribution is 5.93. The molecule has 0 aromatic heterocycles. The maximum atomic E-state index is 13.1. The number of ether oxygens (including phenoxy) is 6. The zero-order valence-electron chi connectivity index (χ0n) is 26.7. The van der Waals surface area contributed by atoms with Crippen LogP contribution < -0.4 is 10.6 Å². The fourth-order valence-electron chi connectivity index (χ4n) is 4.11. The molecule has 1 aliphatic rings. The van der Waals surface area contributed by atoms with Crippen molar-refractivity contribution >= 4 is 41.7 Å². The van der Waals surface area contributed by atoms with E-state index >= 15 is 0 Å². The molecule has 2 amide bonds. The van der Waals surface area contributed by atoms with E-state index in [9.17, 15) is 38.7 Å². The first-order valence-corrected chi connectivity index (χ1v) is 13.9. The van der Waals surface area contributed by atoms with E-state index in [0.29, 0.717) is 0 Å². The Bertz CT molecular complexity index is 1100. The van der Waals surface area contributed by atoms with Crippen molar-refractivity contribution in [2.75, 3.05) is 6.61 Å². The highest BCUT2D eigenvalue weighted by atomic mass is 16.7. The summed E-state index contributed by atoms with van der Waals surface area (Å²) in [7, 11) is 0. The van der Waals surface area contributed by atoms with E-state index < -0.39 is 108 Å². The molecule has 0 aliphatic carbocycles. The largest absolute Gasteiger partial charge is 0.463 e. The number of aliphatic hydroxyl groups is 1. The van der Waals surface area contributed by atoms with Gasteiger partial charge in [0.1, 0.15) is 30.0 Å². The molecule has 0 bridgehead atoms. The predicted molar refractivity (Wildman–Crippen MR) is 148 cm³/mol. The topological polar surface area (TPSA) is 219 Å². The summed E-state index contributed by atoms with van der Waals surface area (Å²) in [6.45, 7) is 13.0. The Labute approximate surface area is 255 Å². The molecular formula is C28H44N2O14. The van der Waals surface area contributed by atoms with Gasteiger partial charge in [-0.2, -0.15) is 0 Å². The van der Waals surface area contributed by atoms with Crippen LogP contribution in [0.2, 0.25) is 0 Å². The van der Waals surface area contributed by atoms with Crippen LogP contribution in [-0.4, -0.2) is 101 Å². The number of carbonyl (C=O) groups excluding carboxylic acids is 7. The van der Waals surface area contributed by atoms with Crippen molar-refractivity contribution in [3.63, 3.8) is 0 Å². The van der Waals surface area contributed by atoms with E-state index in [0.717, 1.165) is 34.6 Å². The number of carbonyl (C=O) groups is 7. The van der Waals surface area contributed by atoms with E-state index in [1.165, 1.54) is 0 Å². The lowest BCUT2D eigenvalue weighted by molar-refractivity contribution is -0.257. The minimum Gasteiger partial charge on any atom is -0.463 e. The first kappa shape index (κ1) is 38.2. The molecule has 0 unspecified atom stereocenters. The molecule has 1 fully saturated rings. The van der Waals surface area contributed by atoms with Gasteiger partial charge in [0, 0.05) is 27.7 Å². The zero-order chi connectivity index (χ0) is 34.2. The second-order valence-corrected chi connectivity index (χ2v) is 11.9. The summed E-state index contributed by atoms with van der Waals surface area (Å²) in [6, 6.07) is -1.14. The number of rotatable bonds is 12. The fraction of sp³-hybridized carbons (Fsp3) is 0.750. The molecule has 0 saturated carbocycles. The van der Waals surface area contributed by atoms with Crippen LogP contribution in [0, 0.1) is 5.92 Å². The van der Waals surface area contributed by atoms with E-state index in [1.54, 1.807) is 34.6 Å². The van der Waals surface area contributed by atoms with Crippen molar-refractivity contribution < 1.29 is 67.1 Å². The lowest BCUT2D eigenvalue weighted by Gasteiger charge is -2.44. The molecule has 1 rings (SSSR count). The van der Waals surface area contributed by atoms with Crippen LogP contribution in [0.3, 0.4) is 0 Å². The first-order valence-electron chi connectivity index (χ1n) is 13.9. The van der Waals surface area contributed by atoms with Gasteiger partial charge in [-0.25, -0.2) is 4.79 Å². The third-order valence-electron chi connectivity index (χ3n) is 5.90. The van der Waals surface area contributed by atoms with Crippen LogP contribution in [-0.2, 0) is 62.0 Å². The predicted octanol–water partition coefficient (Wildman–Crippen LogP) is -0.191. The molecule has 0 aromatic carbocycles. The molecule has 16 heteroatoms. The number of hydrogen-bond acceptors (Lipinski definition) is 14. The standard InChI is InChI=1S/C28H44N2O14/c1-13(2)20(25(36)44-27(7,8)9)30-26(37)28(10,38)11-19(35)29-24-23(42-17(6)34)22(41-16(5)33)21(40-15(4)32)18(43-24)12-39-14(3)31/h13,18,20-24,38H,11-12H2,1-10H3,(H,29,35)(H,30,37)/t18-,20+,21-,22+,23-,24-,28+/m1/s1. The van der Waals surface area contributed by atoms with Crippen molar-refractivity contribution in [2.45, 2.75) is 124 Å². The first-order chi connectivity index (χ1) is 20.0. The Morgan fingerprint density at radius 3 is 1.75 bits per heavy atom. The van der Waals surface area contributed by atoms with Crippen LogP contribution in [0.1, 0.15) is 75.7 Å². The maximum absolute atomic E-state index is 13.1. The van der Waals surface area contributed by atoms with Crippen LogP contribution in [0.15, 0.2) is 0 Å². The summed E-state index contributed by atoms with van der Waals surface area (Å²) < 4.78 is 32.0. The van der Waals surface area contributed by atoms with Gasteiger partial charge in [-0.3, -0.25) is 28.8 Å². The lowest BCUT2D eigenvalue weighted by atomic mass is 9.96. The van der Waals surface area contributed by atoms with E-state index in [1.807, 2.05) is 0 Å². The second kappa shape index (κ2) is 15.8. The van der Waals surface area contributed by atoms with Gasteiger partial charge in [0.15, 0.2) is 24.5 Å². The quantitative estimate of drug-likeness (QED) is 0.188. The van der Waals surface area contributed by atoms with Gasteiger partial charge in [0.25, 0.3) is 5.91 Å². The van der Waals surface area contributed by atoms with Crippen LogP contribution in [0.25, 0.3) is 0 Å². The minimum atomic E-state index is -2.36. The number of esters is 5. The third-order valence-corrected chi connectivity index (χ3v) is 5.90. The molecule has 1 saturated heterocycles. The maximum Gasteiger partial charge on any atom is 0.329 e. The average molecular weight is 633 g/mol. The van der Waals surface area contributed by atoms with Gasteiger partial charge in [-0.1, -0.05) is 13.8 Å². The number of nitrogens with one attached hydrogen (secondary N) is 2. The Morgan fingerprint density at radius 2 is 1.30 bits per heavy atom. The molecule has 0 radical (unpaired) electrons. The molecule has 16 nitrogen and oxygen atoms in total. The van der Waals surface area contributed by atoms with Crippen molar-refractivity contribution in [1.82, 2.24) is 10.6 Å². The van der Waals surface area contributed by atoms with E-state index in [4.69, 9.17) is 28.4 Å². The molecule has 3 N–H and O–H groups in total. The summed E-state index contributed by atoms with van der Waals surface area (Å²) in [5, 5.41) is 15.7. The number of hydrogen-bond donors (Lipinski definition) is 3. The molecule has 1 aliphatic heterocycles. The Morgan fingerprint density at radius 1 is 0.795 bits per heavy atom. The number of amides is 2. The molecule has 1 heterocycles. The third kappa shape index (κ3) is 12.4. The molecule has 7 atom stereocenters. The van der Waals surface area contributed by atoms with Gasteiger partial charge >= 0.3 is 29.8 Å². The zero-order valence-corrected chi connectivity index (χ0v) is 26.7. The average Bonchev–Trinajstić information content (AvgIpc) is 2.82. The van der Waals surface area contributed by atoms with Crippen molar-refractivity contribution in [3.05, 3.63) is 0 Å². The summed E-state index contributed by atoms with van der Waals surface area (Å²) in [6.07, 6.45) is -8.37. The highest BCUT2D eigenvalue weighted by Crippen LogP contribution is 2.29. The lowest BCUT2D eigenvalue weighted by Crippen LogP contribution is -2.66. The Kier molecular flexibility index (Phi) is 13.7. The van der Waals surface area contributed by atoms with Gasteiger partial charge in [-0.05, 0) is 33.6 Å². The smallest absolute Gasteiger partial charge is 0.329 e. The molecule has 44 heavy (non-hydrogen) atoms. The summed E-state index contributed by atoms with van der Waals surface area (Å²) in [4.78, 5) is 86.1. The van der Waals surface area contributed by atoms with Crippen molar-refractivity contribution in [1.29, 1.82) is 0 Å². The fourth-order valence-corrected chi connectivity index (χ4v) is 4.11. The van der Waals surface area contributed by atoms with Crippen molar-refractivity contribution in [2.24, 2.45) is 5.92 Å². The molecule has 250 valence electrons. The van der Waals surface area contributed by atoms with Crippen LogP contribution in [0.5, 0.6) is 0 Å². The molecular weight excluding hydrogens is 588 g/mol. The van der Waals surface area contributed by atoms with E-state index in [2.05, 4.69) is 10.6 Å². The van der Waals surface area contributed by atoms with Crippen LogP contribution >= 0.6 is 0 Å². The molecule has 0 spiro atoms. The van der Waals surface area contributed by atoms with Crippen molar-refractivity contribution in [3.8, 4) is 0 Å². The van der Waals surface area contributed by atoms with E-state index in [-0.39, 0.29) is 0 Å². The molecule has 0 aromatic rings. The summed E-state index contributed by atoms with van der Waals surface area (Å²) >= 11 is 0. The highest BCUT2D eigenvalue weighted by Gasteiger charge is 2.53. The summed E-state index contributed by atoms with van der Waals surface area (Å²) in [5.41, 5.74) is -3.21. The van der Waals surface area contributed by atoms with Gasteiger partial charge < -0.3 is 44.2 Å². The van der Waals surface area contributed by atoms with Gasteiger partial charge in [0.05, 0.1) is 6.42 Å². The van der Waals surface area contributed by atoms with Gasteiger partial charge in [-0.15, -0.1) is 0 Å². The SMILES string of the molecule is CC(=O)OC[C@H]1O[C@@H](NC(=O)C[C@](C)(O)C(=O)N[C@H](C(=O)OC(C)(C)C)C(C)C)[C@H](OC(C)=O)[C@@H](OC(C)=O)[C@@H]1OC(C)=O. The van der Waals surface area contributed by atoms with Gasteiger partial charge in [0.2, 0.25) is 5.91 Å².